The van der Waals surface area contributed by atoms with Crippen molar-refractivity contribution < 1.29 is 14.0 Å². The first-order chi connectivity index (χ1) is 11.3. The Kier molecular flexibility index (Phi) is 16.0. The first kappa shape index (κ1) is 24.3. The third-order valence-electron chi connectivity index (χ3n) is 2.09. The molecule has 2 aromatic carbocycles. The van der Waals surface area contributed by atoms with Gasteiger partial charge in [0.2, 0.25) is 12.2 Å². The third-order valence-corrected chi connectivity index (χ3v) is 2.09. The zero-order valence-electron chi connectivity index (χ0n) is 12.3. The molecule has 24 heavy (non-hydrogen) atoms. The fraction of sp³-hybridized carbons (Fsp3) is 0.125. The largest absolute Gasteiger partial charge is 0.333 e. The second-order valence-corrected chi connectivity index (χ2v) is 5.92. The molecular weight excluding hydrogens is 378 g/mol. The monoisotopic (exact) mass is 390 g/mol. The first-order valence-electron chi connectivity index (χ1n) is 6.19. The molecular formula is C16H14Cl3FN2O2. The molecule has 8 heteroatoms. The van der Waals surface area contributed by atoms with Crippen LogP contribution in [-0.4, -0.2) is 16.2 Å². The van der Waals surface area contributed by atoms with Crippen LogP contribution in [0, 0.1) is 10.8 Å². The number of alkyl halides is 4. The van der Waals surface area contributed by atoms with Crippen molar-refractivity contribution >= 4 is 47.0 Å². The van der Waals surface area contributed by atoms with Gasteiger partial charge >= 0.3 is 4.05 Å². The van der Waals surface area contributed by atoms with E-state index in [1.807, 2.05) is 0 Å². The topological polar surface area (TPSA) is 81.8 Å². The van der Waals surface area contributed by atoms with Gasteiger partial charge in [-0.3, -0.25) is 0 Å². The van der Waals surface area contributed by atoms with Crippen molar-refractivity contribution in [3.05, 3.63) is 71.8 Å². The van der Waals surface area contributed by atoms with Gasteiger partial charge in [-0.05, 0) is 52.4 Å². The summed E-state index contributed by atoms with van der Waals surface area (Å²) >= 11 is 13.2. The predicted molar refractivity (Wildman–Crippen MR) is 93.9 cm³/mol. The van der Waals surface area contributed by atoms with Crippen molar-refractivity contribution in [3.8, 4) is 0 Å². The van der Waals surface area contributed by atoms with Crippen LogP contribution in [0.1, 0.15) is 11.1 Å². The highest BCUT2D eigenvalue weighted by molar-refractivity contribution is 6.66. The molecule has 0 fully saturated rings. The van der Waals surface area contributed by atoms with E-state index in [1.165, 1.54) is 11.1 Å². The highest BCUT2D eigenvalue weighted by Crippen LogP contribution is 2.26. The molecule has 2 rings (SSSR count). The zero-order valence-corrected chi connectivity index (χ0v) is 14.6. The van der Waals surface area contributed by atoms with Gasteiger partial charge in [-0.25, -0.2) is 20.4 Å². The van der Waals surface area contributed by atoms with Crippen LogP contribution >= 0.6 is 34.8 Å². The molecule has 0 unspecified atom stereocenters. The Balaban J connectivity index is 0. The number of benzene rings is 2. The van der Waals surface area contributed by atoms with Crippen LogP contribution in [0.2, 0.25) is 0 Å². The quantitative estimate of drug-likeness (QED) is 0.410. The number of hydrogen-bond donors (Lipinski definition) is 2. The number of rotatable bonds is 2. The van der Waals surface area contributed by atoms with Gasteiger partial charge in [-0.1, -0.05) is 60.7 Å². The molecule has 128 valence electrons. The molecule has 0 bridgehead atoms. The molecule has 4 nitrogen and oxygen atoms in total. The van der Waals surface area contributed by atoms with E-state index in [0.717, 1.165) is 18.6 Å². The highest BCUT2D eigenvalue weighted by atomic mass is 35.6. The number of isocyanates is 2. The number of hydrogen-bond acceptors (Lipinski definition) is 4. The normalized spacial score (nSPS) is 8.50. The summed E-state index contributed by atoms with van der Waals surface area (Å²) in [6, 6.07) is 21.1. The van der Waals surface area contributed by atoms with Crippen LogP contribution in [0.4, 0.5) is 4.39 Å². The second-order valence-electron chi connectivity index (χ2n) is 3.78. The van der Waals surface area contributed by atoms with Gasteiger partial charge in [0.25, 0.3) is 0 Å². The van der Waals surface area contributed by atoms with Crippen LogP contribution < -0.4 is 0 Å². The van der Waals surface area contributed by atoms with Crippen molar-refractivity contribution in [2.24, 2.45) is 0 Å². The van der Waals surface area contributed by atoms with E-state index in [4.69, 9.17) is 20.4 Å². The maximum absolute atomic E-state index is 11.0. The van der Waals surface area contributed by atoms with E-state index in [-0.39, 0.29) is 0 Å². The molecule has 0 aliphatic rings. The minimum absolute atomic E-state index is 0.750. The van der Waals surface area contributed by atoms with E-state index in [1.54, 1.807) is 0 Å². The molecule has 0 amide bonds. The summed E-state index contributed by atoms with van der Waals surface area (Å²) < 4.78 is 8.40. The first-order valence-corrected chi connectivity index (χ1v) is 7.33. The SMILES string of the molecule is FC(Cl)(Cl)Cl.N=C=O.N=C=O.c1ccc(Cc2ccccc2)cc1. The third kappa shape index (κ3) is 22.3. The Morgan fingerprint density at radius 1 is 0.792 bits per heavy atom. The smallest absolute Gasteiger partial charge is 0.222 e. The minimum Gasteiger partial charge on any atom is -0.222 e. The average Bonchev–Trinajstić information content (AvgIpc) is 2.49. The van der Waals surface area contributed by atoms with Crippen molar-refractivity contribution in [2.45, 2.75) is 10.5 Å². The fourth-order valence-electron chi connectivity index (χ4n) is 1.43. The molecule has 0 aliphatic carbocycles. The Morgan fingerprint density at radius 3 is 1.21 bits per heavy atom. The Labute approximate surface area is 154 Å². The molecule has 0 heterocycles. The van der Waals surface area contributed by atoms with Crippen molar-refractivity contribution in [1.82, 2.24) is 0 Å². The van der Waals surface area contributed by atoms with Gasteiger partial charge in [0.15, 0.2) is 0 Å². The average molecular weight is 392 g/mol. The number of halogens is 4. The summed E-state index contributed by atoms with van der Waals surface area (Å²) in [4.78, 5) is 16.7. The molecule has 0 saturated carbocycles. The lowest BCUT2D eigenvalue weighted by molar-refractivity contribution is 0.507. The van der Waals surface area contributed by atoms with Gasteiger partial charge in [0, 0.05) is 0 Å². The Morgan fingerprint density at radius 2 is 1.00 bits per heavy atom. The van der Waals surface area contributed by atoms with Crippen LogP contribution in [0.3, 0.4) is 0 Å². The summed E-state index contributed by atoms with van der Waals surface area (Å²) in [7, 11) is 0. The van der Waals surface area contributed by atoms with E-state index >= 15 is 0 Å². The maximum atomic E-state index is 11.0. The molecule has 0 aliphatic heterocycles. The molecule has 0 radical (unpaired) electrons. The lowest BCUT2D eigenvalue weighted by atomic mass is 10.1. The van der Waals surface area contributed by atoms with Crippen LogP contribution in [0.15, 0.2) is 60.7 Å². The van der Waals surface area contributed by atoms with Gasteiger partial charge in [-0.15, -0.1) is 0 Å². The Bertz CT molecular complexity index is 553. The molecule has 0 saturated heterocycles. The summed E-state index contributed by atoms with van der Waals surface area (Å²) in [5.74, 6) is 0. The molecule has 0 atom stereocenters. The minimum atomic E-state index is -2.58. The standard InChI is InChI=1S/C13H12.CCl3F.2CHNO/c1-3-7-12(8-4-1)11-13-9-5-2-6-10-13;2-1(3,4)5;2*2-1-3/h1-10H,11H2;;2*2H. The van der Waals surface area contributed by atoms with Crippen LogP contribution in [0.5, 0.6) is 0 Å². The van der Waals surface area contributed by atoms with E-state index in [9.17, 15) is 4.39 Å². The van der Waals surface area contributed by atoms with Crippen molar-refractivity contribution in [1.29, 1.82) is 10.8 Å². The van der Waals surface area contributed by atoms with Crippen molar-refractivity contribution in [3.63, 3.8) is 0 Å². The molecule has 0 spiro atoms. The van der Waals surface area contributed by atoms with Gasteiger partial charge in [-0.2, -0.15) is 4.39 Å². The zero-order chi connectivity index (χ0) is 18.8. The summed E-state index contributed by atoms with van der Waals surface area (Å²) in [5, 5.41) is 10.8. The predicted octanol–water partition coefficient (Wildman–Crippen LogP) is 5.36. The summed E-state index contributed by atoms with van der Waals surface area (Å²) in [5.41, 5.74) is 2.74. The molecule has 0 aromatic heterocycles. The Hall–Kier alpha value is -2.00. The van der Waals surface area contributed by atoms with Gasteiger partial charge < -0.3 is 0 Å². The summed E-state index contributed by atoms with van der Waals surface area (Å²) in [6.07, 6.45) is 2.53. The van der Waals surface area contributed by atoms with Crippen LogP contribution in [-0.2, 0) is 16.0 Å². The number of carbonyl (C=O) groups excluding carboxylic acids is 2. The number of nitrogens with one attached hydrogen (secondary N) is 2. The lowest BCUT2D eigenvalue weighted by Crippen LogP contribution is -1.85. The summed E-state index contributed by atoms with van der Waals surface area (Å²) in [6.45, 7) is 0. The van der Waals surface area contributed by atoms with Crippen LogP contribution in [0.25, 0.3) is 0 Å². The second kappa shape index (κ2) is 15.9. The van der Waals surface area contributed by atoms with Gasteiger partial charge in [0.1, 0.15) is 0 Å². The van der Waals surface area contributed by atoms with Gasteiger partial charge in [0.05, 0.1) is 0 Å². The lowest BCUT2D eigenvalue weighted by Gasteiger charge is -2.00. The molecule has 2 N–H and O–H groups in total. The van der Waals surface area contributed by atoms with E-state index in [2.05, 4.69) is 95.5 Å². The van der Waals surface area contributed by atoms with E-state index in [0.29, 0.717) is 0 Å². The highest BCUT2D eigenvalue weighted by Gasteiger charge is 2.14. The van der Waals surface area contributed by atoms with Crippen molar-refractivity contribution in [2.75, 3.05) is 0 Å². The molecule has 2 aromatic rings. The van der Waals surface area contributed by atoms with E-state index < -0.39 is 4.05 Å². The fourth-order valence-corrected chi connectivity index (χ4v) is 1.43. The maximum Gasteiger partial charge on any atom is 0.333 e.